The first-order valence-corrected chi connectivity index (χ1v) is 7.35. The van der Waals surface area contributed by atoms with E-state index >= 15 is 0 Å². The summed E-state index contributed by atoms with van der Waals surface area (Å²) >= 11 is 0. The number of benzene rings is 1. The highest BCUT2D eigenvalue weighted by molar-refractivity contribution is 5.94. The molecule has 110 valence electrons. The van der Waals surface area contributed by atoms with Crippen molar-refractivity contribution >= 4 is 5.91 Å². The summed E-state index contributed by atoms with van der Waals surface area (Å²) in [7, 11) is 0. The van der Waals surface area contributed by atoms with Crippen LogP contribution >= 0.6 is 0 Å². The zero-order valence-corrected chi connectivity index (χ0v) is 12.2. The molecule has 3 N–H and O–H groups in total. The van der Waals surface area contributed by atoms with Gasteiger partial charge in [0.15, 0.2) is 0 Å². The van der Waals surface area contributed by atoms with E-state index in [1.54, 1.807) is 0 Å². The van der Waals surface area contributed by atoms with Crippen LogP contribution in [-0.4, -0.2) is 36.8 Å². The minimum absolute atomic E-state index is 0.0572. The van der Waals surface area contributed by atoms with Crippen LogP contribution in [0.2, 0.25) is 0 Å². The molecule has 1 aliphatic rings. The van der Waals surface area contributed by atoms with Gasteiger partial charge >= 0.3 is 0 Å². The van der Waals surface area contributed by atoms with Crippen molar-refractivity contribution in [3.05, 3.63) is 35.4 Å². The van der Waals surface area contributed by atoms with Crippen molar-refractivity contribution in [1.29, 1.82) is 0 Å². The van der Waals surface area contributed by atoms with Crippen molar-refractivity contribution in [2.24, 2.45) is 5.92 Å². The smallest absolute Gasteiger partial charge is 0.251 e. The third-order valence-electron chi connectivity index (χ3n) is 3.93. The minimum Gasteiger partial charge on any atom is -0.391 e. The van der Waals surface area contributed by atoms with E-state index in [9.17, 15) is 9.90 Å². The molecule has 1 saturated heterocycles. The zero-order valence-electron chi connectivity index (χ0n) is 12.2. The lowest BCUT2D eigenvalue weighted by molar-refractivity contribution is 0.0753. The first-order chi connectivity index (χ1) is 9.58. The van der Waals surface area contributed by atoms with Crippen LogP contribution in [0.4, 0.5) is 0 Å². The second kappa shape index (κ2) is 6.86. The molecule has 1 aromatic carbocycles. The van der Waals surface area contributed by atoms with E-state index in [1.807, 2.05) is 24.3 Å². The van der Waals surface area contributed by atoms with Crippen LogP contribution in [0.3, 0.4) is 0 Å². The average molecular weight is 276 g/mol. The minimum atomic E-state index is -0.369. The van der Waals surface area contributed by atoms with Gasteiger partial charge in [0.2, 0.25) is 0 Å². The Labute approximate surface area is 120 Å². The fraction of sp³-hybridized carbons (Fsp3) is 0.562. The molecule has 1 aliphatic heterocycles. The average Bonchev–Trinajstić information content (AvgIpc) is 2.46. The lowest BCUT2D eigenvalue weighted by Gasteiger charge is -2.28. The molecule has 4 heteroatoms. The summed E-state index contributed by atoms with van der Waals surface area (Å²) in [5, 5.41) is 15.9. The van der Waals surface area contributed by atoms with Gasteiger partial charge in [0, 0.05) is 24.6 Å². The van der Waals surface area contributed by atoms with Crippen molar-refractivity contribution in [1.82, 2.24) is 10.6 Å². The molecule has 4 nitrogen and oxygen atoms in total. The maximum atomic E-state index is 12.2. The number of aliphatic hydroxyl groups excluding tert-OH is 1. The number of carbonyl (C=O) groups excluding carboxylic acids is 1. The van der Waals surface area contributed by atoms with Gasteiger partial charge in [0.05, 0.1) is 6.10 Å². The molecule has 0 aliphatic carbocycles. The number of amides is 1. The van der Waals surface area contributed by atoms with Gasteiger partial charge in [0.25, 0.3) is 5.91 Å². The number of rotatable bonds is 4. The van der Waals surface area contributed by atoms with Gasteiger partial charge in [-0.1, -0.05) is 26.0 Å². The summed E-state index contributed by atoms with van der Waals surface area (Å²) in [5.74, 6) is 0.501. The number of nitrogens with one attached hydrogen (secondary N) is 2. The molecule has 0 spiro atoms. The highest BCUT2D eigenvalue weighted by Gasteiger charge is 2.23. The first-order valence-electron chi connectivity index (χ1n) is 7.35. The van der Waals surface area contributed by atoms with Crippen molar-refractivity contribution in [2.45, 2.75) is 32.3 Å². The molecule has 0 unspecified atom stereocenters. The molecule has 0 aromatic heterocycles. The van der Waals surface area contributed by atoms with Gasteiger partial charge in [-0.15, -0.1) is 0 Å². The Balaban J connectivity index is 1.92. The number of β-amino-alcohol motifs (C(OH)–C–C–N with tert-alkyl or cyclic N) is 1. The van der Waals surface area contributed by atoms with Gasteiger partial charge < -0.3 is 15.7 Å². The van der Waals surface area contributed by atoms with Crippen molar-refractivity contribution in [2.75, 3.05) is 19.6 Å². The molecule has 0 radical (unpaired) electrons. The monoisotopic (exact) mass is 276 g/mol. The number of hydrogen-bond donors (Lipinski definition) is 3. The van der Waals surface area contributed by atoms with E-state index in [4.69, 9.17) is 0 Å². The second-order valence-corrected chi connectivity index (χ2v) is 5.81. The highest BCUT2D eigenvalue weighted by atomic mass is 16.3. The van der Waals surface area contributed by atoms with Gasteiger partial charge in [-0.3, -0.25) is 4.79 Å². The van der Waals surface area contributed by atoms with Crippen LogP contribution in [0.15, 0.2) is 24.3 Å². The Morgan fingerprint density at radius 3 is 3.00 bits per heavy atom. The van der Waals surface area contributed by atoms with E-state index in [0.717, 1.165) is 13.0 Å². The fourth-order valence-corrected chi connectivity index (χ4v) is 2.50. The molecule has 0 bridgehead atoms. The molecular weight excluding hydrogens is 252 g/mol. The van der Waals surface area contributed by atoms with Crippen LogP contribution in [0.5, 0.6) is 0 Å². The van der Waals surface area contributed by atoms with Gasteiger partial charge in [-0.05, 0) is 36.6 Å². The number of hydrogen-bond acceptors (Lipinski definition) is 3. The van der Waals surface area contributed by atoms with E-state index in [0.29, 0.717) is 24.6 Å². The molecule has 0 saturated carbocycles. The molecule has 20 heavy (non-hydrogen) atoms. The predicted molar refractivity (Wildman–Crippen MR) is 79.8 cm³/mol. The van der Waals surface area contributed by atoms with Crippen molar-refractivity contribution < 1.29 is 9.90 Å². The Morgan fingerprint density at radius 2 is 2.30 bits per heavy atom. The van der Waals surface area contributed by atoms with Crippen molar-refractivity contribution in [3.8, 4) is 0 Å². The highest BCUT2D eigenvalue weighted by Crippen LogP contribution is 2.16. The van der Waals surface area contributed by atoms with E-state index in [1.165, 1.54) is 5.56 Å². The summed E-state index contributed by atoms with van der Waals surface area (Å²) in [5.41, 5.74) is 1.86. The Bertz CT molecular complexity index is 460. The third-order valence-corrected chi connectivity index (χ3v) is 3.93. The Kier molecular flexibility index (Phi) is 5.15. The first kappa shape index (κ1) is 15.0. The number of aliphatic hydroxyl groups is 1. The lowest BCUT2D eigenvalue weighted by atomic mass is 9.95. The standard InChI is InChI=1S/C16H24N2O2/c1-11(2)12-4-3-5-13(8-12)16(20)18-9-14-6-7-17-10-15(14)19/h3-5,8,11,14-15,17,19H,6-7,9-10H2,1-2H3,(H,18,20)/t14-,15+/m0/s1. The van der Waals surface area contributed by atoms with Crippen LogP contribution in [0.25, 0.3) is 0 Å². The maximum absolute atomic E-state index is 12.2. The van der Waals surface area contributed by atoms with Gasteiger partial charge in [-0.25, -0.2) is 0 Å². The summed E-state index contributed by atoms with van der Waals surface area (Å²) in [4.78, 5) is 12.2. The van der Waals surface area contributed by atoms with Crippen LogP contribution < -0.4 is 10.6 Å². The maximum Gasteiger partial charge on any atom is 0.251 e. The molecule has 1 amide bonds. The van der Waals surface area contributed by atoms with E-state index < -0.39 is 0 Å². The molecule has 2 rings (SSSR count). The van der Waals surface area contributed by atoms with Crippen molar-refractivity contribution in [3.63, 3.8) is 0 Å². The summed E-state index contributed by atoms with van der Waals surface area (Å²) in [6.07, 6.45) is 0.527. The van der Waals surface area contributed by atoms with Crippen LogP contribution in [0.1, 0.15) is 42.1 Å². The molecular formula is C16H24N2O2. The number of carbonyl (C=O) groups is 1. The van der Waals surface area contributed by atoms with Crippen LogP contribution in [0, 0.1) is 5.92 Å². The Hall–Kier alpha value is -1.39. The van der Waals surface area contributed by atoms with E-state index in [2.05, 4.69) is 24.5 Å². The fourth-order valence-electron chi connectivity index (χ4n) is 2.50. The van der Waals surface area contributed by atoms with Gasteiger partial charge in [-0.2, -0.15) is 0 Å². The number of piperidine rings is 1. The largest absolute Gasteiger partial charge is 0.391 e. The predicted octanol–water partition coefficient (Wildman–Crippen LogP) is 1.51. The van der Waals surface area contributed by atoms with Crippen LogP contribution in [-0.2, 0) is 0 Å². The van der Waals surface area contributed by atoms with E-state index in [-0.39, 0.29) is 17.9 Å². The lowest BCUT2D eigenvalue weighted by Crippen LogP contribution is -2.45. The molecule has 2 atom stereocenters. The zero-order chi connectivity index (χ0) is 14.5. The third kappa shape index (κ3) is 3.81. The molecule has 1 fully saturated rings. The van der Waals surface area contributed by atoms with Gasteiger partial charge in [0.1, 0.15) is 0 Å². The molecule has 1 aromatic rings. The SMILES string of the molecule is CC(C)c1cccc(C(=O)NC[C@@H]2CCNC[C@H]2O)c1. The topological polar surface area (TPSA) is 61.4 Å². The quantitative estimate of drug-likeness (QED) is 0.781. The Morgan fingerprint density at radius 1 is 1.50 bits per heavy atom. The normalized spacial score (nSPS) is 22.8. The molecule has 1 heterocycles. The second-order valence-electron chi connectivity index (χ2n) is 5.81. The summed E-state index contributed by atoms with van der Waals surface area (Å²) in [6.45, 7) is 6.28. The summed E-state index contributed by atoms with van der Waals surface area (Å²) in [6, 6.07) is 7.74. The summed E-state index contributed by atoms with van der Waals surface area (Å²) < 4.78 is 0.